The summed E-state index contributed by atoms with van der Waals surface area (Å²) in [6.07, 6.45) is 0. The standard InChI is InChI=1S/C22H24ClN3O5S/c1-15-5-3-4-6-19(15)20(28)24-21(32(30,31)18-9-7-17(23)8-10-18)22(29)26-13-11-25(12-14-26)16(2)27/h3-10,21H,11-14H2,1-2H3,(H,24,28)/t21-/m1/s1. The van der Waals surface area contributed by atoms with E-state index in [2.05, 4.69) is 5.32 Å². The number of nitrogens with one attached hydrogen (secondary N) is 1. The molecule has 3 amide bonds. The predicted molar refractivity (Wildman–Crippen MR) is 120 cm³/mol. The maximum Gasteiger partial charge on any atom is 0.261 e. The number of aryl methyl sites for hydroxylation is 1. The number of rotatable bonds is 5. The highest BCUT2D eigenvalue weighted by Gasteiger charge is 2.39. The molecule has 1 aliphatic rings. The third-order valence-electron chi connectivity index (χ3n) is 5.37. The largest absolute Gasteiger partial charge is 0.339 e. The summed E-state index contributed by atoms with van der Waals surface area (Å²) >= 11 is 5.87. The summed E-state index contributed by atoms with van der Waals surface area (Å²) in [5.41, 5.74) is 0.924. The van der Waals surface area contributed by atoms with E-state index >= 15 is 0 Å². The van der Waals surface area contributed by atoms with Crippen LogP contribution in [-0.4, -0.2) is 67.5 Å². The summed E-state index contributed by atoms with van der Waals surface area (Å²) in [5, 5.41) is 0.951. The molecule has 0 spiro atoms. The minimum Gasteiger partial charge on any atom is -0.339 e. The lowest BCUT2D eigenvalue weighted by molar-refractivity contribution is -0.138. The molecular weight excluding hydrogens is 454 g/mol. The monoisotopic (exact) mass is 477 g/mol. The van der Waals surface area contributed by atoms with Gasteiger partial charge >= 0.3 is 0 Å². The summed E-state index contributed by atoms with van der Waals surface area (Å²) in [7, 11) is -4.27. The third-order valence-corrected chi connectivity index (χ3v) is 7.49. The molecular formula is C22H24ClN3O5S. The fraction of sp³-hybridized carbons (Fsp3) is 0.318. The molecule has 1 N–H and O–H groups in total. The van der Waals surface area contributed by atoms with Crippen LogP contribution < -0.4 is 5.32 Å². The minimum absolute atomic E-state index is 0.115. The molecule has 1 saturated heterocycles. The Morgan fingerprint density at radius 1 is 0.938 bits per heavy atom. The zero-order valence-electron chi connectivity index (χ0n) is 17.7. The highest BCUT2D eigenvalue weighted by Crippen LogP contribution is 2.21. The molecule has 10 heteroatoms. The van der Waals surface area contributed by atoms with Gasteiger partial charge in [-0.1, -0.05) is 29.8 Å². The van der Waals surface area contributed by atoms with Crippen molar-refractivity contribution in [2.75, 3.05) is 26.2 Å². The molecule has 0 bridgehead atoms. The van der Waals surface area contributed by atoms with E-state index in [1.54, 1.807) is 36.1 Å². The summed E-state index contributed by atoms with van der Waals surface area (Å²) < 4.78 is 26.8. The first kappa shape index (κ1) is 23.7. The molecule has 1 fully saturated rings. The summed E-state index contributed by atoms with van der Waals surface area (Å²) in [5.74, 6) is -1.53. The van der Waals surface area contributed by atoms with Crippen LogP contribution in [0, 0.1) is 6.92 Å². The second-order valence-corrected chi connectivity index (χ2v) is 9.97. The number of hydrogen-bond acceptors (Lipinski definition) is 5. The first-order valence-electron chi connectivity index (χ1n) is 10.0. The van der Waals surface area contributed by atoms with E-state index in [4.69, 9.17) is 11.6 Å². The molecule has 1 aliphatic heterocycles. The number of hydrogen-bond donors (Lipinski definition) is 1. The first-order valence-corrected chi connectivity index (χ1v) is 11.9. The van der Waals surface area contributed by atoms with Crippen molar-refractivity contribution < 1.29 is 22.8 Å². The number of nitrogens with zero attached hydrogens (tertiary/aromatic N) is 2. The number of carbonyl (C=O) groups excluding carboxylic acids is 3. The van der Waals surface area contributed by atoms with Gasteiger partial charge in [0, 0.05) is 43.7 Å². The van der Waals surface area contributed by atoms with Crippen LogP contribution in [0.1, 0.15) is 22.8 Å². The molecule has 2 aromatic rings. The Labute approximate surface area is 192 Å². The molecule has 32 heavy (non-hydrogen) atoms. The van der Waals surface area contributed by atoms with Crippen molar-refractivity contribution in [2.45, 2.75) is 24.1 Å². The van der Waals surface area contributed by atoms with Crippen molar-refractivity contribution in [1.82, 2.24) is 15.1 Å². The first-order chi connectivity index (χ1) is 15.1. The Morgan fingerprint density at radius 2 is 1.50 bits per heavy atom. The summed E-state index contributed by atoms with van der Waals surface area (Å²) in [6.45, 7) is 4.09. The average molecular weight is 478 g/mol. The highest BCUT2D eigenvalue weighted by molar-refractivity contribution is 7.92. The lowest BCUT2D eigenvalue weighted by atomic mass is 10.1. The normalized spacial score (nSPS) is 15.2. The van der Waals surface area contributed by atoms with E-state index in [1.807, 2.05) is 0 Å². The molecule has 0 unspecified atom stereocenters. The van der Waals surface area contributed by atoms with Gasteiger partial charge in [-0.05, 0) is 42.8 Å². The third kappa shape index (κ3) is 5.11. The van der Waals surface area contributed by atoms with E-state index in [0.717, 1.165) is 0 Å². The van der Waals surface area contributed by atoms with Crippen molar-refractivity contribution in [1.29, 1.82) is 0 Å². The lowest BCUT2D eigenvalue weighted by Gasteiger charge is -2.36. The van der Waals surface area contributed by atoms with Crippen molar-refractivity contribution in [2.24, 2.45) is 0 Å². The van der Waals surface area contributed by atoms with E-state index < -0.39 is 27.0 Å². The van der Waals surface area contributed by atoms with Crippen LogP contribution in [0.3, 0.4) is 0 Å². The zero-order chi connectivity index (χ0) is 23.5. The second-order valence-electron chi connectivity index (χ2n) is 7.50. The molecule has 0 aromatic heterocycles. The molecule has 1 atom stereocenters. The van der Waals surface area contributed by atoms with Gasteiger partial charge < -0.3 is 15.1 Å². The molecule has 0 radical (unpaired) electrons. The van der Waals surface area contributed by atoms with Crippen LogP contribution in [0.15, 0.2) is 53.4 Å². The van der Waals surface area contributed by atoms with Crippen molar-refractivity contribution in [3.63, 3.8) is 0 Å². The van der Waals surface area contributed by atoms with Crippen LogP contribution in [0.2, 0.25) is 5.02 Å². The van der Waals surface area contributed by atoms with Gasteiger partial charge in [-0.15, -0.1) is 0 Å². The number of sulfone groups is 1. The fourth-order valence-electron chi connectivity index (χ4n) is 3.46. The second kappa shape index (κ2) is 9.70. The Morgan fingerprint density at radius 3 is 2.06 bits per heavy atom. The van der Waals surface area contributed by atoms with Gasteiger partial charge in [-0.2, -0.15) is 0 Å². The molecule has 0 saturated carbocycles. The van der Waals surface area contributed by atoms with Crippen LogP contribution in [0.5, 0.6) is 0 Å². The van der Waals surface area contributed by atoms with Gasteiger partial charge in [0.25, 0.3) is 11.8 Å². The molecule has 8 nitrogen and oxygen atoms in total. The van der Waals surface area contributed by atoms with Crippen LogP contribution >= 0.6 is 11.6 Å². The number of amides is 3. The molecule has 0 aliphatic carbocycles. The number of benzene rings is 2. The van der Waals surface area contributed by atoms with E-state index in [1.165, 1.54) is 36.1 Å². The summed E-state index contributed by atoms with van der Waals surface area (Å²) in [6, 6.07) is 12.1. The number of halogens is 1. The summed E-state index contributed by atoms with van der Waals surface area (Å²) in [4.78, 5) is 40.6. The number of carbonyl (C=O) groups is 3. The van der Waals surface area contributed by atoms with Gasteiger partial charge in [0.2, 0.25) is 21.1 Å². The van der Waals surface area contributed by atoms with E-state index in [9.17, 15) is 22.8 Å². The Balaban J connectivity index is 1.93. The van der Waals surface area contributed by atoms with Gasteiger partial charge in [0.05, 0.1) is 4.90 Å². The van der Waals surface area contributed by atoms with Crippen molar-refractivity contribution in [3.8, 4) is 0 Å². The quantitative estimate of drug-likeness (QED) is 0.708. The molecule has 1 heterocycles. The van der Waals surface area contributed by atoms with Gasteiger partial charge in [-0.3, -0.25) is 14.4 Å². The Bertz CT molecular complexity index is 1130. The van der Waals surface area contributed by atoms with Crippen LogP contribution in [0.25, 0.3) is 0 Å². The zero-order valence-corrected chi connectivity index (χ0v) is 19.3. The Hall–Kier alpha value is -2.91. The molecule has 2 aromatic carbocycles. The fourth-order valence-corrected chi connectivity index (χ4v) is 5.05. The average Bonchev–Trinajstić information content (AvgIpc) is 2.77. The van der Waals surface area contributed by atoms with Crippen molar-refractivity contribution in [3.05, 3.63) is 64.7 Å². The topological polar surface area (TPSA) is 104 Å². The van der Waals surface area contributed by atoms with Gasteiger partial charge in [0.1, 0.15) is 0 Å². The van der Waals surface area contributed by atoms with Crippen LogP contribution in [0.4, 0.5) is 0 Å². The predicted octanol–water partition coefficient (Wildman–Crippen LogP) is 1.87. The minimum atomic E-state index is -4.27. The number of piperazine rings is 1. The molecule has 170 valence electrons. The lowest BCUT2D eigenvalue weighted by Crippen LogP contribution is -2.57. The van der Waals surface area contributed by atoms with E-state index in [0.29, 0.717) is 23.7 Å². The van der Waals surface area contributed by atoms with E-state index in [-0.39, 0.29) is 29.5 Å². The van der Waals surface area contributed by atoms with Crippen molar-refractivity contribution >= 4 is 39.2 Å². The van der Waals surface area contributed by atoms with Gasteiger partial charge in [-0.25, -0.2) is 8.42 Å². The highest BCUT2D eigenvalue weighted by atomic mass is 35.5. The van der Waals surface area contributed by atoms with Gasteiger partial charge in [0.15, 0.2) is 0 Å². The maximum absolute atomic E-state index is 13.4. The SMILES string of the molecule is CC(=O)N1CCN(C(=O)[C@H](NC(=O)c2ccccc2C)S(=O)(=O)c2ccc(Cl)cc2)CC1. The maximum atomic E-state index is 13.4. The van der Waals surface area contributed by atoms with Crippen LogP contribution in [-0.2, 0) is 19.4 Å². The Kier molecular flexibility index (Phi) is 7.20. The molecule has 3 rings (SSSR count). The smallest absolute Gasteiger partial charge is 0.261 e.